The Morgan fingerprint density at radius 2 is 1.69 bits per heavy atom. The molecule has 0 bridgehead atoms. The van der Waals surface area contributed by atoms with Crippen LogP contribution >= 0.6 is 0 Å². The molecule has 5 rings (SSSR count). The molecular formula is C33H43N7O9. The van der Waals surface area contributed by atoms with Gasteiger partial charge in [-0.05, 0) is 51.2 Å². The third kappa shape index (κ3) is 8.66. The molecule has 2 aromatic rings. The molecule has 3 aliphatic rings. The molecule has 264 valence electrons. The zero-order chi connectivity index (χ0) is 35.1. The van der Waals surface area contributed by atoms with Gasteiger partial charge in [-0.3, -0.25) is 24.0 Å². The summed E-state index contributed by atoms with van der Waals surface area (Å²) in [5.41, 5.74) is 0.425. The van der Waals surface area contributed by atoms with Crippen molar-refractivity contribution in [1.82, 2.24) is 34.7 Å². The summed E-state index contributed by atoms with van der Waals surface area (Å²) in [5, 5.41) is 16.4. The van der Waals surface area contributed by atoms with E-state index in [4.69, 9.17) is 9.47 Å². The molecule has 2 N–H and O–H groups in total. The van der Waals surface area contributed by atoms with Crippen LogP contribution in [-0.4, -0.2) is 141 Å². The van der Waals surface area contributed by atoms with Crippen LogP contribution in [0.15, 0.2) is 36.4 Å². The Bertz CT molecular complexity index is 1540. The van der Waals surface area contributed by atoms with Crippen LogP contribution in [0, 0.1) is 0 Å². The summed E-state index contributed by atoms with van der Waals surface area (Å²) >= 11 is 0. The van der Waals surface area contributed by atoms with Gasteiger partial charge in [-0.2, -0.15) is 5.10 Å². The quantitative estimate of drug-likeness (QED) is 0.311. The van der Waals surface area contributed by atoms with Gasteiger partial charge in [-0.15, -0.1) is 0 Å². The Hall–Kier alpha value is -5.15. The minimum atomic E-state index is -1.18. The highest BCUT2D eigenvalue weighted by molar-refractivity contribution is 5.96. The summed E-state index contributed by atoms with van der Waals surface area (Å²) in [5.74, 6) is -2.71. The second-order valence-corrected chi connectivity index (χ2v) is 12.3. The van der Waals surface area contributed by atoms with Crippen LogP contribution in [0.5, 0.6) is 5.88 Å². The number of aromatic nitrogens is 2. The van der Waals surface area contributed by atoms with Gasteiger partial charge in [0.2, 0.25) is 17.7 Å². The van der Waals surface area contributed by atoms with Crippen molar-refractivity contribution in [3.05, 3.63) is 42.1 Å². The summed E-state index contributed by atoms with van der Waals surface area (Å²) in [6.45, 7) is 2.80. The molecule has 1 aromatic heterocycles. The fraction of sp³-hybridized carbons (Fsp3) is 0.545. The number of piperazine rings is 1. The zero-order valence-corrected chi connectivity index (χ0v) is 27.8. The van der Waals surface area contributed by atoms with E-state index in [-0.39, 0.29) is 75.1 Å². The van der Waals surface area contributed by atoms with Gasteiger partial charge in [0.25, 0.3) is 11.8 Å². The largest absolute Gasteiger partial charge is 0.481 e. The molecule has 3 fully saturated rings. The number of likely N-dealkylation sites (tertiary alicyclic amines) is 1. The van der Waals surface area contributed by atoms with Gasteiger partial charge in [0.1, 0.15) is 12.1 Å². The van der Waals surface area contributed by atoms with Gasteiger partial charge in [0, 0.05) is 58.3 Å². The summed E-state index contributed by atoms with van der Waals surface area (Å²) in [7, 11) is 1.77. The van der Waals surface area contributed by atoms with Crippen molar-refractivity contribution < 1.29 is 43.3 Å². The third-order valence-electron chi connectivity index (χ3n) is 8.92. The second kappa shape index (κ2) is 15.8. The maximum Gasteiger partial charge on any atom is 0.409 e. The number of carbonyl (C=O) groups is 6. The lowest BCUT2D eigenvalue weighted by Gasteiger charge is -2.35. The molecule has 0 radical (unpaired) electrons. The predicted octanol–water partition coefficient (Wildman–Crippen LogP) is 1.13. The summed E-state index contributed by atoms with van der Waals surface area (Å²) in [6.07, 6.45) is 2.20. The van der Waals surface area contributed by atoms with Gasteiger partial charge < -0.3 is 39.5 Å². The molecular weight excluding hydrogens is 638 g/mol. The monoisotopic (exact) mass is 681 g/mol. The van der Waals surface area contributed by atoms with Crippen LogP contribution in [0.1, 0.15) is 55.9 Å². The summed E-state index contributed by atoms with van der Waals surface area (Å²) in [6, 6.07) is 8.67. The molecule has 2 aliphatic heterocycles. The average Bonchev–Trinajstić information content (AvgIpc) is 3.68. The number of ether oxygens (including phenoxy) is 2. The van der Waals surface area contributed by atoms with E-state index in [2.05, 4.69) is 10.4 Å². The lowest BCUT2D eigenvalue weighted by Crippen LogP contribution is -2.56. The molecule has 2 saturated heterocycles. The molecule has 1 saturated carbocycles. The molecule has 2 atom stereocenters. The fourth-order valence-electron chi connectivity index (χ4n) is 6.05. The number of likely N-dealkylation sites (N-methyl/N-ethyl adjacent to an activating group) is 1. The SMILES string of the molecule is CCOC(=O)N1CCN(C(=O)[C@H](CCC(=O)O)NC(=O)c2cc(OCC(=O)N3CCC[C@H]3C(=O)N(C)C3CC3)n(-c3ccccc3)n2)CC1. The Balaban J connectivity index is 1.28. The van der Waals surface area contributed by atoms with Gasteiger partial charge in [0.15, 0.2) is 12.3 Å². The smallest absolute Gasteiger partial charge is 0.409 e. The maximum atomic E-state index is 13.5. The molecule has 16 nitrogen and oxygen atoms in total. The van der Waals surface area contributed by atoms with E-state index in [1.165, 1.54) is 20.5 Å². The molecule has 49 heavy (non-hydrogen) atoms. The molecule has 1 aromatic carbocycles. The van der Waals surface area contributed by atoms with Crippen LogP contribution in [0.2, 0.25) is 0 Å². The van der Waals surface area contributed by atoms with Crippen molar-refractivity contribution in [2.75, 3.05) is 53.0 Å². The standard InChI is InChI=1S/C33H43N7O9/c1-3-48-33(47)38-18-16-37(17-19-38)31(45)24(13-14-29(42)43)34-30(44)25-20-28(40(35-25)23-8-5-4-6-9-23)49-21-27(41)39-15-7-10-26(39)32(46)36(2)22-11-12-22/h4-6,8-9,20,22,24,26H,3,7,10-19,21H2,1-2H3,(H,34,44)(H,42,43)/t24-,26-/m0/s1. The number of benzene rings is 1. The third-order valence-corrected chi connectivity index (χ3v) is 8.92. The molecule has 16 heteroatoms. The van der Waals surface area contributed by atoms with E-state index in [1.54, 1.807) is 54.1 Å². The van der Waals surface area contributed by atoms with Gasteiger partial charge in [0.05, 0.1) is 12.3 Å². The predicted molar refractivity (Wildman–Crippen MR) is 173 cm³/mol. The van der Waals surface area contributed by atoms with Crippen molar-refractivity contribution in [3.8, 4) is 11.6 Å². The highest BCUT2D eigenvalue weighted by Crippen LogP contribution is 2.29. The number of hydrogen-bond acceptors (Lipinski definition) is 9. The average molecular weight is 682 g/mol. The number of carboxylic acids is 1. The van der Waals surface area contributed by atoms with Crippen molar-refractivity contribution >= 4 is 35.7 Å². The molecule has 1 aliphatic carbocycles. The van der Waals surface area contributed by atoms with E-state index in [0.29, 0.717) is 25.1 Å². The van der Waals surface area contributed by atoms with E-state index in [9.17, 15) is 33.9 Å². The first-order valence-corrected chi connectivity index (χ1v) is 16.6. The van der Waals surface area contributed by atoms with Crippen molar-refractivity contribution in [3.63, 3.8) is 0 Å². The van der Waals surface area contributed by atoms with E-state index in [0.717, 1.165) is 12.8 Å². The molecule has 0 unspecified atom stereocenters. The number of carboxylic acid groups (broad SMARTS) is 1. The molecule has 3 heterocycles. The molecule has 5 amide bonds. The van der Waals surface area contributed by atoms with Gasteiger partial charge in [-0.25, -0.2) is 9.48 Å². The number of nitrogens with one attached hydrogen (secondary N) is 1. The Morgan fingerprint density at radius 1 is 1.00 bits per heavy atom. The lowest BCUT2D eigenvalue weighted by atomic mass is 10.1. The maximum absolute atomic E-state index is 13.5. The topological polar surface area (TPSA) is 184 Å². The lowest BCUT2D eigenvalue weighted by molar-refractivity contribution is -0.144. The van der Waals surface area contributed by atoms with E-state index >= 15 is 0 Å². The first kappa shape index (κ1) is 35.2. The Kier molecular flexibility index (Phi) is 11.4. The second-order valence-electron chi connectivity index (χ2n) is 12.3. The van der Waals surface area contributed by atoms with Gasteiger partial charge in [-0.1, -0.05) is 18.2 Å². The fourth-order valence-corrected chi connectivity index (χ4v) is 6.05. The number of aliphatic carboxylic acids is 1. The Labute approximate surface area is 283 Å². The highest BCUT2D eigenvalue weighted by Gasteiger charge is 2.40. The van der Waals surface area contributed by atoms with E-state index < -0.39 is 42.6 Å². The van der Waals surface area contributed by atoms with Crippen molar-refractivity contribution in [2.45, 2.75) is 63.6 Å². The number of carbonyl (C=O) groups excluding carboxylic acids is 5. The van der Waals surface area contributed by atoms with Crippen LogP contribution in [0.4, 0.5) is 4.79 Å². The normalized spacial score (nSPS) is 18.1. The van der Waals surface area contributed by atoms with E-state index in [1.807, 2.05) is 0 Å². The number of nitrogens with zero attached hydrogens (tertiary/aromatic N) is 6. The zero-order valence-electron chi connectivity index (χ0n) is 27.8. The highest BCUT2D eigenvalue weighted by atomic mass is 16.6. The van der Waals surface area contributed by atoms with Crippen LogP contribution < -0.4 is 10.1 Å². The Morgan fingerprint density at radius 3 is 2.35 bits per heavy atom. The first-order chi connectivity index (χ1) is 23.6. The minimum Gasteiger partial charge on any atom is -0.481 e. The number of amides is 5. The summed E-state index contributed by atoms with van der Waals surface area (Å²) < 4.78 is 12.3. The van der Waals surface area contributed by atoms with Crippen LogP contribution in [0.25, 0.3) is 5.69 Å². The van der Waals surface area contributed by atoms with Crippen LogP contribution in [0.3, 0.4) is 0 Å². The molecule has 0 spiro atoms. The first-order valence-electron chi connectivity index (χ1n) is 16.6. The number of para-hydroxylation sites is 1. The van der Waals surface area contributed by atoms with Crippen molar-refractivity contribution in [2.24, 2.45) is 0 Å². The van der Waals surface area contributed by atoms with Crippen molar-refractivity contribution in [1.29, 1.82) is 0 Å². The number of rotatable bonds is 13. The number of hydrogen-bond donors (Lipinski definition) is 2. The minimum absolute atomic E-state index is 0.0745. The van der Waals surface area contributed by atoms with Gasteiger partial charge >= 0.3 is 12.1 Å². The summed E-state index contributed by atoms with van der Waals surface area (Å²) in [4.78, 5) is 83.2. The van der Waals surface area contributed by atoms with Crippen LogP contribution in [-0.2, 0) is 23.9 Å².